The third kappa shape index (κ3) is 3.16. The minimum absolute atomic E-state index is 0.351. The second-order valence-corrected chi connectivity index (χ2v) is 5.10. The zero-order valence-electron chi connectivity index (χ0n) is 10.5. The SMILES string of the molecule is COC(=O)c1cc(Cl)ccc1NC1CCCCC1. The Kier molecular flexibility index (Phi) is 4.48. The second-order valence-electron chi connectivity index (χ2n) is 4.66. The predicted octanol–water partition coefficient (Wildman–Crippen LogP) is 3.87. The molecule has 0 aromatic heterocycles. The van der Waals surface area contributed by atoms with Crippen molar-refractivity contribution in [3.63, 3.8) is 0 Å². The van der Waals surface area contributed by atoms with E-state index < -0.39 is 0 Å². The van der Waals surface area contributed by atoms with Crippen LogP contribution in [0.2, 0.25) is 5.02 Å². The fourth-order valence-corrected chi connectivity index (χ4v) is 2.56. The van der Waals surface area contributed by atoms with E-state index in [9.17, 15) is 4.79 Å². The lowest BCUT2D eigenvalue weighted by molar-refractivity contribution is 0.0602. The van der Waals surface area contributed by atoms with Gasteiger partial charge < -0.3 is 10.1 Å². The molecular formula is C14H18ClNO2. The monoisotopic (exact) mass is 267 g/mol. The van der Waals surface area contributed by atoms with Crippen LogP contribution in [-0.2, 0) is 4.74 Å². The number of esters is 1. The highest BCUT2D eigenvalue weighted by atomic mass is 35.5. The van der Waals surface area contributed by atoms with E-state index in [4.69, 9.17) is 16.3 Å². The van der Waals surface area contributed by atoms with Crippen LogP contribution in [0.15, 0.2) is 18.2 Å². The summed E-state index contributed by atoms with van der Waals surface area (Å²) in [5.41, 5.74) is 1.33. The Hall–Kier alpha value is -1.22. The van der Waals surface area contributed by atoms with Gasteiger partial charge in [0.2, 0.25) is 0 Å². The van der Waals surface area contributed by atoms with Crippen LogP contribution in [0, 0.1) is 0 Å². The van der Waals surface area contributed by atoms with Gasteiger partial charge in [0.05, 0.1) is 12.7 Å². The van der Waals surface area contributed by atoms with Gasteiger partial charge in [0.15, 0.2) is 0 Å². The van der Waals surface area contributed by atoms with E-state index in [-0.39, 0.29) is 5.97 Å². The number of anilines is 1. The average molecular weight is 268 g/mol. The quantitative estimate of drug-likeness (QED) is 0.845. The summed E-state index contributed by atoms with van der Waals surface area (Å²) in [6.07, 6.45) is 6.12. The zero-order chi connectivity index (χ0) is 13.0. The molecule has 0 heterocycles. The van der Waals surface area contributed by atoms with Gasteiger partial charge in [-0.3, -0.25) is 0 Å². The minimum atomic E-state index is -0.351. The van der Waals surface area contributed by atoms with Gasteiger partial charge in [0.1, 0.15) is 0 Å². The molecule has 4 heteroatoms. The van der Waals surface area contributed by atoms with E-state index in [1.54, 1.807) is 12.1 Å². The number of rotatable bonds is 3. The first kappa shape index (κ1) is 13.2. The molecule has 1 aromatic carbocycles. The number of hydrogen-bond donors (Lipinski definition) is 1. The van der Waals surface area contributed by atoms with Gasteiger partial charge in [-0.2, -0.15) is 0 Å². The first-order valence-electron chi connectivity index (χ1n) is 6.35. The van der Waals surface area contributed by atoms with E-state index in [1.807, 2.05) is 6.07 Å². The number of hydrogen-bond acceptors (Lipinski definition) is 3. The number of methoxy groups -OCH3 is 1. The molecule has 0 saturated heterocycles. The minimum Gasteiger partial charge on any atom is -0.465 e. The van der Waals surface area contributed by atoms with Crippen LogP contribution >= 0.6 is 11.6 Å². The fraction of sp³-hybridized carbons (Fsp3) is 0.500. The Labute approximate surface area is 112 Å². The Balaban J connectivity index is 2.17. The van der Waals surface area contributed by atoms with Gasteiger partial charge in [-0.25, -0.2) is 4.79 Å². The Morgan fingerprint density at radius 2 is 2.06 bits per heavy atom. The lowest BCUT2D eigenvalue weighted by Gasteiger charge is -2.24. The van der Waals surface area contributed by atoms with Crippen LogP contribution in [-0.4, -0.2) is 19.1 Å². The Bertz CT molecular complexity index is 428. The smallest absolute Gasteiger partial charge is 0.340 e. The molecule has 3 nitrogen and oxygen atoms in total. The first-order chi connectivity index (χ1) is 8.70. The van der Waals surface area contributed by atoms with Crippen LogP contribution in [0.1, 0.15) is 42.5 Å². The van der Waals surface area contributed by atoms with Crippen molar-refractivity contribution in [3.05, 3.63) is 28.8 Å². The number of halogens is 1. The predicted molar refractivity (Wildman–Crippen MR) is 73.3 cm³/mol. The summed E-state index contributed by atoms with van der Waals surface area (Å²) in [4.78, 5) is 11.7. The molecule has 2 rings (SSSR count). The molecule has 1 aliphatic rings. The molecule has 1 aliphatic carbocycles. The van der Waals surface area contributed by atoms with Crippen molar-refractivity contribution >= 4 is 23.3 Å². The van der Waals surface area contributed by atoms with Gasteiger partial charge in [0, 0.05) is 16.8 Å². The number of carbonyl (C=O) groups is 1. The topological polar surface area (TPSA) is 38.3 Å². The first-order valence-corrected chi connectivity index (χ1v) is 6.73. The molecule has 1 N–H and O–H groups in total. The van der Waals surface area contributed by atoms with Crippen molar-refractivity contribution < 1.29 is 9.53 Å². The van der Waals surface area contributed by atoms with E-state index in [2.05, 4.69) is 5.32 Å². The highest BCUT2D eigenvalue weighted by Crippen LogP contribution is 2.26. The normalized spacial score (nSPS) is 16.3. The van der Waals surface area contributed by atoms with Crippen molar-refractivity contribution in [3.8, 4) is 0 Å². The number of benzene rings is 1. The van der Waals surface area contributed by atoms with Gasteiger partial charge in [0.25, 0.3) is 0 Å². The van der Waals surface area contributed by atoms with Gasteiger partial charge in [-0.15, -0.1) is 0 Å². The summed E-state index contributed by atoms with van der Waals surface area (Å²) in [5, 5.41) is 3.98. The van der Waals surface area contributed by atoms with Crippen LogP contribution in [0.4, 0.5) is 5.69 Å². The molecule has 0 atom stereocenters. The summed E-state index contributed by atoms with van der Waals surface area (Å²) in [6, 6.07) is 5.74. The zero-order valence-corrected chi connectivity index (χ0v) is 11.3. The number of ether oxygens (including phenoxy) is 1. The van der Waals surface area contributed by atoms with Crippen LogP contribution < -0.4 is 5.32 Å². The van der Waals surface area contributed by atoms with Crippen molar-refractivity contribution in [2.45, 2.75) is 38.1 Å². The maximum atomic E-state index is 11.7. The summed E-state index contributed by atoms with van der Waals surface area (Å²) in [5.74, 6) is -0.351. The molecule has 0 unspecified atom stereocenters. The second kappa shape index (κ2) is 6.10. The van der Waals surface area contributed by atoms with Crippen LogP contribution in [0.25, 0.3) is 0 Å². The van der Waals surface area contributed by atoms with E-state index in [1.165, 1.54) is 26.4 Å². The van der Waals surface area contributed by atoms with E-state index in [0.29, 0.717) is 16.6 Å². The molecule has 1 fully saturated rings. The standard InChI is InChI=1S/C14H18ClNO2/c1-18-14(17)12-9-10(15)7-8-13(12)16-11-5-3-2-4-6-11/h7-9,11,16H,2-6H2,1H3. The van der Waals surface area contributed by atoms with Gasteiger partial charge in [-0.05, 0) is 31.0 Å². The van der Waals surface area contributed by atoms with Crippen LogP contribution in [0.3, 0.4) is 0 Å². The van der Waals surface area contributed by atoms with Gasteiger partial charge >= 0.3 is 5.97 Å². The summed E-state index contributed by atoms with van der Waals surface area (Å²) >= 11 is 5.93. The summed E-state index contributed by atoms with van der Waals surface area (Å²) in [7, 11) is 1.38. The molecule has 0 aliphatic heterocycles. The molecule has 1 aromatic rings. The summed E-state index contributed by atoms with van der Waals surface area (Å²) < 4.78 is 4.78. The maximum Gasteiger partial charge on any atom is 0.340 e. The van der Waals surface area contributed by atoms with Crippen molar-refractivity contribution in [1.29, 1.82) is 0 Å². The maximum absolute atomic E-state index is 11.7. The molecule has 0 spiro atoms. The average Bonchev–Trinajstić information content (AvgIpc) is 2.41. The molecule has 18 heavy (non-hydrogen) atoms. The molecular weight excluding hydrogens is 250 g/mol. The lowest BCUT2D eigenvalue weighted by atomic mass is 9.95. The van der Waals surface area contributed by atoms with Crippen molar-refractivity contribution in [2.24, 2.45) is 0 Å². The van der Waals surface area contributed by atoms with E-state index in [0.717, 1.165) is 18.5 Å². The van der Waals surface area contributed by atoms with Gasteiger partial charge in [-0.1, -0.05) is 30.9 Å². The summed E-state index contributed by atoms with van der Waals surface area (Å²) in [6.45, 7) is 0. The molecule has 98 valence electrons. The van der Waals surface area contributed by atoms with Crippen molar-refractivity contribution in [2.75, 3.05) is 12.4 Å². The molecule has 0 amide bonds. The molecule has 0 bridgehead atoms. The lowest BCUT2D eigenvalue weighted by Crippen LogP contribution is -2.23. The highest BCUT2D eigenvalue weighted by molar-refractivity contribution is 6.31. The molecule has 1 saturated carbocycles. The molecule has 0 radical (unpaired) electrons. The highest BCUT2D eigenvalue weighted by Gasteiger charge is 2.17. The van der Waals surface area contributed by atoms with Crippen molar-refractivity contribution in [1.82, 2.24) is 0 Å². The number of carbonyl (C=O) groups excluding carboxylic acids is 1. The fourth-order valence-electron chi connectivity index (χ4n) is 2.39. The van der Waals surface area contributed by atoms with Crippen LogP contribution in [0.5, 0.6) is 0 Å². The third-order valence-electron chi connectivity index (χ3n) is 3.35. The Morgan fingerprint density at radius 3 is 2.72 bits per heavy atom. The van der Waals surface area contributed by atoms with E-state index >= 15 is 0 Å². The largest absolute Gasteiger partial charge is 0.465 e. The Morgan fingerprint density at radius 1 is 1.33 bits per heavy atom. The third-order valence-corrected chi connectivity index (χ3v) is 3.59. The number of nitrogens with one attached hydrogen (secondary N) is 1.